The van der Waals surface area contributed by atoms with Crippen molar-refractivity contribution in [1.29, 1.82) is 0 Å². The first-order valence-corrected chi connectivity index (χ1v) is 3.06. The Morgan fingerprint density at radius 2 is 1.89 bits per heavy atom. The summed E-state index contributed by atoms with van der Waals surface area (Å²) in [4.78, 5) is 0. The standard InChI is InChI=1S/C8H13N/c1-2-3-4-5-6-7-8-9/h2-4,7-8H,1,5-6,9H2/b4-3?,8-7+. The van der Waals surface area contributed by atoms with Gasteiger partial charge >= 0.3 is 0 Å². The minimum Gasteiger partial charge on any atom is -0.405 e. The lowest BCUT2D eigenvalue weighted by Gasteiger charge is -1.81. The fourth-order valence-corrected chi connectivity index (χ4v) is 0.481. The molecular formula is C8H13N. The lowest BCUT2D eigenvalue weighted by atomic mass is 10.3. The van der Waals surface area contributed by atoms with Crippen LogP contribution in [-0.2, 0) is 0 Å². The quantitative estimate of drug-likeness (QED) is 0.449. The van der Waals surface area contributed by atoms with E-state index in [1.165, 1.54) is 0 Å². The zero-order valence-corrected chi connectivity index (χ0v) is 5.59. The molecule has 0 aromatic carbocycles. The normalized spacial score (nSPS) is 11.1. The van der Waals surface area contributed by atoms with E-state index in [1.54, 1.807) is 12.3 Å². The molecule has 0 unspecified atom stereocenters. The molecule has 0 radical (unpaired) electrons. The molecule has 0 bridgehead atoms. The van der Waals surface area contributed by atoms with E-state index in [4.69, 9.17) is 5.73 Å². The molecule has 0 saturated heterocycles. The Morgan fingerprint density at radius 3 is 2.44 bits per heavy atom. The van der Waals surface area contributed by atoms with E-state index in [9.17, 15) is 0 Å². The van der Waals surface area contributed by atoms with Crippen LogP contribution in [-0.4, -0.2) is 0 Å². The van der Waals surface area contributed by atoms with Crippen molar-refractivity contribution in [2.75, 3.05) is 0 Å². The van der Waals surface area contributed by atoms with Gasteiger partial charge in [-0.15, -0.1) is 0 Å². The summed E-state index contributed by atoms with van der Waals surface area (Å²) in [6, 6.07) is 0. The number of nitrogens with two attached hydrogens (primary N) is 1. The second kappa shape index (κ2) is 7.02. The number of hydrogen-bond acceptors (Lipinski definition) is 1. The van der Waals surface area contributed by atoms with Crippen molar-refractivity contribution in [1.82, 2.24) is 0 Å². The van der Waals surface area contributed by atoms with Crippen molar-refractivity contribution in [3.8, 4) is 0 Å². The van der Waals surface area contributed by atoms with E-state index in [2.05, 4.69) is 12.7 Å². The SMILES string of the molecule is C=CC=CCC/C=C/N. The Kier molecular flexibility index (Phi) is 6.26. The molecule has 1 heteroatoms. The Bertz CT molecular complexity index is 112. The molecule has 2 N–H and O–H groups in total. The van der Waals surface area contributed by atoms with Gasteiger partial charge in [0.2, 0.25) is 0 Å². The lowest BCUT2D eigenvalue weighted by molar-refractivity contribution is 1.05. The molecule has 0 aliphatic carbocycles. The summed E-state index contributed by atoms with van der Waals surface area (Å²) in [6.07, 6.45) is 11.3. The van der Waals surface area contributed by atoms with Crippen LogP contribution in [0.5, 0.6) is 0 Å². The molecule has 0 spiro atoms. The van der Waals surface area contributed by atoms with E-state index in [1.807, 2.05) is 12.2 Å². The maximum Gasteiger partial charge on any atom is -0.0103 e. The molecule has 9 heavy (non-hydrogen) atoms. The van der Waals surface area contributed by atoms with Gasteiger partial charge in [-0.1, -0.05) is 30.9 Å². The molecule has 0 fully saturated rings. The summed E-state index contributed by atoms with van der Waals surface area (Å²) in [7, 11) is 0. The summed E-state index contributed by atoms with van der Waals surface area (Å²) in [6.45, 7) is 3.55. The van der Waals surface area contributed by atoms with Gasteiger partial charge in [-0.2, -0.15) is 0 Å². The van der Waals surface area contributed by atoms with Crippen molar-refractivity contribution < 1.29 is 0 Å². The average Bonchev–Trinajstić information content (AvgIpc) is 1.89. The molecule has 0 aromatic rings. The molecule has 0 aromatic heterocycles. The van der Waals surface area contributed by atoms with Crippen molar-refractivity contribution in [3.05, 3.63) is 37.1 Å². The van der Waals surface area contributed by atoms with E-state index in [0.29, 0.717) is 0 Å². The fraction of sp³-hybridized carbons (Fsp3) is 0.250. The molecule has 0 saturated carbocycles. The van der Waals surface area contributed by atoms with Gasteiger partial charge in [-0.25, -0.2) is 0 Å². The van der Waals surface area contributed by atoms with Gasteiger partial charge in [0.05, 0.1) is 0 Å². The van der Waals surface area contributed by atoms with Gasteiger partial charge in [0.1, 0.15) is 0 Å². The first kappa shape index (κ1) is 8.02. The molecule has 0 atom stereocenters. The first-order valence-electron chi connectivity index (χ1n) is 3.06. The van der Waals surface area contributed by atoms with Gasteiger partial charge < -0.3 is 5.73 Å². The highest BCUT2D eigenvalue weighted by molar-refractivity contribution is 4.97. The summed E-state index contributed by atoms with van der Waals surface area (Å²) in [5.41, 5.74) is 5.12. The second-order valence-corrected chi connectivity index (χ2v) is 1.67. The van der Waals surface area contributed by atoms with E-state index >= 15 is 0 Å². The van der Waals surface area contributed by atoms with Crippen LogP contribution in [0.3, 0.4) is 0 Å². The summed E-state index contributed by atoms with van der Waals surface area (Å²) in [5.74, 6) is 0. The summed E-state index contributed by atoms with van der Waals surface area (Å²) < 4.78 is 0. The number of rotatable bonds is 4. The van der Waals surface area contributed by atoms with Crippen molar-refractivity contribution >= 4 is 0 Å². The van der Waals surface area contributed by atoms with Crippen molar-refractivity contribution in [2.45, 2.75) is 12.8 Å². The maximum atomic E-state index is 5.12. The van der Waals surface area contributed by atoms with Crippen LogP contribution in [0.1, 0.15) is 12.8 Å². The van der Waals surface area contributed by atoms with E-state index in [0.717, 1.165) is 12.8 Å². The van der Waals surface area contributed by atoms with Crippen LogP contribution in [0.2, 0.25) is 0 Å². The monoisotopic (exact) mass is 123 g/mol. The third-order valence-electron chi connectivity index (χ3n) is 0.908. The van der Waals surface area contributed by atoms with Crippen LogP contribution in [0.4, 0.5) is 0 Å². The number of hydrogen-bond donors (Lipinski definition) is 1. The largest absolute Gasteiger partial charge is 0.405 e. The topological polar surface area (TPSA) is 26.0 Å². The molecule has 0 amide bonds. The molecule has 0 rings (SSSR count). The second-order valence-electron chi connectivity index (χ2n) is 1.67. The summed E-state index contributed by atoms with van der Waals surface area (Å²) >= 11 is 0. The first-order chi connectivity index (χ1) is 4.41. The smallest absolute Gasteiger partial charge is 0.0103 e. The lowest BCUT2D eigenvalue weighted by Crippen LogP contribution is -1.74. The third-order valence-corrected chi connectivity index (χ3v) is 0.908. The van der Waals surface area contributed by atoms with Crippen LogP contribution in [0.15, 0.2) is 37.1 Å². The fourth-order valence-electron chi connectivity index (χ4n) is 0.481. The Labute approximate surface area is 56.6 Å². The van der Waals surface area contributed by atoms with Crippen molar-refractivity contribution in [3.63, 3.8) is 0 Å². The highest BCUT2D eigenvalue weighted by Crippen LogP contribution is 1.90. The Hall–Kier alpha value is -0.980. The van der Waals surface area contributed by atoms with Gasteiger partial charge in [-0.05, 0) is 19.0 Å². The molecule has 0 aliphatic heterocycles. The Morgan fingerprint density at radius 1 is 1.22 bits per heavy atom. The molecule has 1 nitrogen and oxygen atoms in total. The number of unbranched alkanes of at least 4 members (excludes halogenated alkanes) is 1. The van der Waals surface area contributed by atoms with Gasteiger partial charge in [0, 0.05) is 0 Å². The van der Waals surface area contributed by atoms with Crippen LogP contribution in [0.25, 0.3) is 0 Å². The minimum atomic E-state index is 1.01. The zero-order valence-electron chi connectivity index (χ0n) is 5.59. The minimum absolute atomic E-state index is 1.01. The van der Waals surface area contributed by atoms with E-state index < -0.39 is 0 Å². The average molecular weight is 123 g/mol. The summed E-state index contributed by atoms with van der Waals surface area (Å²) in [5, 5.41) is 0. The van der Waals surface area contributed by atoms with Gasteiger partial charge in [0.25, 0.3) is 0 Å². The van der Waals surface area contributed by atoms with Crippen LogP contribution < -0.4 is 5.73 Å². The molecule has 0 heterocycles. The predicted molar refractivity (Wildman–Crippen MR) is 41.9 cm³/mol. The maximum absolute atomic E-state index is 5.12. The van der Waals surface area contributed by atoms with Gasteiger partial charge in [-0.3, -0.25) is 0 Å². The van der Waals surface area contributed by atoms with Crippen LogP contribution in [0, 0.1) is 0 Å². The molecule has 0 aliphatic rings. The molecule has 50 valence electrons. The zero-order chi connectivity index (χ0) is 6.95. The van der Waals surface area contributed by atoms with E-state index in [-0.39, 0.29) is 0 Å². The highest BCUT2D eigenvalue weighted by atomic mass is 14.5. The predicted octanol–water partition coefficient (Wildman–Crippen LogP) is 1.98. The third kappa shape index (κ3) is 7.02. The van der Waals surface area contributed by atoms with Crippen molar-refractivity contribution in [2.24, 2.45) is 5.73 Å². The number of allylic oxidation sites excluding steroid dienone is 4. The van der Waals surface area contributed by atoms with Crippen LogP contribution >= 0.6 is 0 Å². The Balaban J connectivity index is 3.08. The van der Waals surface area contributed by atoms with Gasteiger partial charge in [0.15, 0.2) is 0 Å². The molecular weight excluding hydrogens is 110 g/mol. The highest BCUT2D eigenvalue weighted by Gasteiger charge is 1.71.